The molecule has 0 radical (unpaired) electrons. The molecule has 0 unspecified atom stereocenters. The number of benzene rings is 2. The molecule has 1 amide bonds. The predicted octanol–water partition coefficient (Wildman–Crippen LogP) is 3.99. The number of aliphatic hydroxyl groups excluding tert-OH is 1. The van der Waals surface area contributed by atoms with Gasteiger partial charge in [-0.3, -0.25) is 0 Å². The summed E-state index contributed by atoms with van der Waals surface area (Å²) < 4.78 is 18.5. The molecule has 2 aromatic rings. The summed E-state index contributed by atoms with van der Waals surface area (Å²) in [7, 11) is -0.489. The van der Waals surface area contributed by atoms with Gasteiger partial charge in [-0.15, -0.1) is 0 Å². The van der Waals surface area contributed by atoms with Crippen LogP contribution in [0.5, 0.6) is 0 Å². The molecule has 0 fully saturated rings. The predicted molar refractivity (Wildman–Crippen MR) is 103 cm³/mol. The molecule has 0 saturated heterocycles. The molecule has 140 valence electrons. The highest BCUT2D eigenvalue weighted by molar-refractivity contribution is 7.84. The summed E-state index contributed by atoms with van der Waals surface area (Å²) in [5.74, 6) is 0. The van der Waals surface area contributed by atoms with Crippen molar-refractivity contribution in [1.29, 1.82) is 0 Å². The zero-order valence-corrected chi connectivity index (χ0v) is 16.3. The van der Waals surface area contributed by atoms with Crippen LogP contribution < -0.4 is 0 Å². The molecule has 0 aliphatic heterocycles. The van der Waals surface area contributed by atoms with Crippen molar-refractivity contribution in [3.63, 3.8) is 0 Å². The first-order valence-electron chi connectivity index (χ1n) is 8.34. The van der Waals surface area contributed by atoms with E-state index in [0.717, 1.165) is 4.31 Å². The van der Waals surface area contributed by atoms with Gasteiger partial charge in [0.2, 0.25) is 0 Å². The fraction of sp³-hybridized carbons (Fsp3) is 0.350. The molecule has 6 heteroatoms. The summed E-state index contributed by atoms with van der Waals surface area (Å²) >= 11 is 0. The Labute approximate surface area is 157 Å². The first kappa shape index (κ1) is 20.1. The van der Waals surface area contributed by atoms with E-state index in [0.29, 0.717) is 11.1 Å². The van der Waals surface area contributed by atoms with E-state index in [2.05, 4.69) is 0 Å². The molecule has 0 aliphatic carbocycles. The van der Waals surface area contributed by atoms with E-state index in [9.17, 15) is 14.1 Å². The Morgan fingerprint density at radius 2 is 1.46 bits per heavy atom. The number of amides is 1. The lowest BCUT2D eigenvalue weighted by Gasteiger charge is -2.36. The van der Waals surface area contributed by atoms with Crippen LogP contribution in [0.3, 0.4) is 0 Å². The lowest BCUT2D eigenvalue weighted by Crippen LogP contribution is -2.45. The number of aliphatic hydroxyl groups is 1. The number of hydrogen-bond acceptors (Lipinski definition) is 4. The molecule has 2 rings (SSSR count). The summed E-state index contributed by atoms with van der Waals surface area (Å²) in [4.78, 5) is 12.6. The molecule has 3 atom stereocenters. The van der Waals surface area contributed by atoms with Crippen molar-refractivity contribution in [2.75, 3.05) is 7.11 Å². The summed E-state index contributed by atoms with van der Waals surface area (Å²) in [6.07, 6.45) is -1.81. The summed E-state index contributed by atoms with van der Waals surface area (Å²) in [5, 5.41) is 11.1. The van der Waals surface area contributed by atoms with Crippen molar-refractivity contribution < 1.29 is 18.8 Å². The third-order valence-corrected chi connectivity index (χ3v) is 5.67. The average Bonchev–Trinajstić information content (AvgIpc) is 2.65. The maximum Gasteiger partial charge on any atom is 0.422 e. The highest BCUT2D eigenvalue weighted by Gasteiger charge is 2.40. The Kier molecular flexibility index (Phi) is 6.56. The van der Waals surface area contributed by atoms with Crippen molar-refractivity contribution in [1.82, 2.24) is 4.31 Å². The molecular formula is C20H25NO4S. The lowest BCUT2D eigenvalue weighted by molar-refractivity contribution is 0.0765. The largest absolute Gasteiger partial charge is 0.452 e. The van der Waals surface area contributed by atoms with Crippen LogP contribution >= 0.6 is 0 Å². The third kappa shape index (κ3) is 4.51. The van der Waals surface area contributed by atoms with E-state index < -0.39 is 34.0 Å². The smallest absolute Gasteiger partial charge is 0.422 e. The first-order valence-corrected chi connectivity index (χ1v) is 9.45. The number of hydrogen-bond donors (Lipinski definition) is 1. The number of rotatable bonds is 5. The summed E-state index contributed by atoms with van der Waals surface area (Å²) in [6, 6.07) is 17.2. The quantitative estimate of drug-likeness (QED) is 0.858. The molecule has 5 nitrogen and oxygen atoms in total. The number of ether oxygens (including phenoxy) is 1. The molecular weight excluding hydrogens is 350 g/mol. The minimum Gasteiger partial charge on any atom is -0.452 e. The summed E-state index contributed by atoms with van der Waals surface area (Å²) in [5.41, 5.74) is 1.30. The SMILES string of the molecule is COC(=O)N([C@@H](c1ccccc1)[C@H](O)c1ccccc1)[S@@](=O)C(C)(C)C. The standard InChI is InChI=1S/C20H25NO4S/c1-20(2,3)26(24)21(19(23)25-4)17(15-11-7-5-8-12-15)18(22)16-13-9-6-10-14-16/h5-14,17-18,22H,1-4H3/t17-,18+,26-/m0/s1. The Bertz CT molecular complexity index is 743. The van der Waals surface area contributed by atoms with Gasteiger partial charge in [0.1, 0.15) is 23.1 Å². The van der Waals surface area contributed by atoms with E-state index >= 15 is 0 Å². The van der Waals surface area contributed by atoms with Gasteiger partial charge >= 0.3 is 6.09 Å². The van der Waals surface area contributed by atoms with Crippen LogP contribution in [0.2, 0.25) is 0 Å². The van der Waals surface area contributed by atoms with Crippen LogP contribution in [-0.2, 0) is 15.7 Å². The fourth-order valence-corrected chi connectivity index (χ4v) is 3.84. The normalized spacial score (nSPS) is 15.0. The molecule has 0 aromatic heterocycles. The van der Waals surface area contributed by atoms with Crippen molar-refractivity contribution in [3.8, 4) is 0 Å². The van der Waals surface area contributed by atoms with Crippen molar-refractivity contribution in [3.05, 3.63) is 71.8 Å². The van der Waals surface area contributed by atoms with Gasteiger partial charge in [-0.2, -0.15) is 0 Å². The first-order chi connectivity index (χ1) is 12.3. The minimum absolute atomic E-state index is 0.626. The molecule has 1 N–H and O–H groups in total. The molecule has 26 heavy (non-hydrogen) atoms. The van der Waals surface area contributed by atoms with Gasteiger partial charge in [-0.1, -0.05) is 60.7 Å². The molecule has 0 saturated carbocycles. The number of nitrogens with zero attached hydrogens (tertiary/aromatic N) is 1. The molecule has 0 aliphatic rings. The van der Waals surface area contributed by atoms with Crippen LogP contribution in [0.25, 0.3) is 0 Å². The molecule has 2 aromatic carbocycles. The van der Waals surface area contributed by atoms with E-state index in [1.54, 1.807) is 45.0 Å². The minimum atomic E-state index is -1.73. The third-order valence-electron chi connectivity index (χ3n) is 3.89. The van der Waals surface area contributed by atoms with E-state index in [4.69, 9.17) is 4.74 Å². The maximum atomic E-state index is 13.1. The Hall–Kier alpha value is -2.18. The number of methoxy groups -OCH3 is 1. The Morgan fingerprint density at radius 1 is 1.00 bits per heavy atom. The van der Waals surface area contributed by atoms with Crippen molar-refractivity contribution in [2.24, 2.45) is 0 Å². The zero-order valence-electron chi connectivity index (χ0n) is 15.5. The van der Waals surface area contributed by atoms with E-state index in [1.807, 2.05) is 36.4 Å². The van der Waals surface area contributed by atoms with Gasteiger partial charge < -0.3 is 9.84 Å². The van der Waals surface area contributed by atoms with Gasteiger partial charge in [-0.05, 0) is 31.9 Å². The number of carbonyl (C=O) groups is 1. The molecule has 0 heterocycles. The van der Waals surface area contributed by atoms with Crippen molar-refractivity contribution in [2.45, 2.75) is 37.7 Å². The second kappa shape index (κ2) is 8.47. The second-order valence-electron chi connectivity index (χ2n) is 6.87. The van der Waals surface area contributed by atoms with E-state index in [-0.39, 0.29) is 0 Å². The van der Waals surface area contributed by atoms with Crippen LogP contribution in [0, 0.1) is 0 Å². The van der Waals surface area contributed by atoms with E-state index in [1.165, 1.54) is 7.11 Å². The Balaban J connectivity index is 2.60. The topological polar surface area (TPSA) is 66.8 Å². The van der Waals surface area contributed by atoms with Crippen LogP contribution in [0.15, 0.2) is 60.7 Å². The van der Waals surface area contributed by atoms with Crippen LogP contribution in [0.1, 0.15) is 44.0 Å². The number of carbonyl (C=O) groups excluding carboxylic acids is 1. The monoisotopic (exact) mass is 375 g/mol. The molecule has 0 spiro atoms. The van der Waals surface area contributed by atoms with Crippen LogP contribution in [0.4, 0.5) is 4.79 Å². The van der Waals surface area contributed by atoms with Gasteiger partial charge in [0, 0.05) is 0 Å². The summed E-state index contributed by atoms with van der Waals surface area (Å²) in [6.45, 7) is 5.32. The average molecular weight is 375 g/mol. The fourth-order valence-electron chi connectivity index (χ4n) is 2.60. The highest BCUT2D eigenvalue weighted by Crippen LogP contribution is 2.37. The highest BCUT2D eigenvalue weighted by atomic mass is 32.2. The maximum absolute atomic E-state index is 13.1. The molecule has 0 bridgehead atoms. The van der Waals surface area contributed by atoms with Gasteiger partial charge in [-0.25, -0.2) is 13.3 Å². The van der Waals surface area contributed by atoms with Gasteiger partial charge in [0.05, 0.1) is 11.9 Å². The Morgan fingerprint density at radius 3 is 1.88 bits per heavy atom. The second-order valence-corrected chi connectivity index (χ2v) is 8.98. The van der Waals surface area contributed by atoms with Gasteiger partial charge in [0.25, 0.3) is 0 Å². The van der Waals surface area contributed by atoms with Crippen LogP contribution in [-0.4, -0.2) is 31.6 Å². The van der Waals surface area contributed by atoms with Gasteiger partial charge in [0.15, 0.2) is 0 Å². The lowest BCUT2D eigenvalue weighted by atomic mass is 9.96. The zero-order chi connectivity index (χ0) is 19.3. The van der Waals surface area contributed by atoms with Crippen molar-refractivity contribution >= 4 is 17.1 Å².